The molecule has 1 heterocycles. The molecule has 2 nitrogen and oxygen atoms in total. The van der Waals surface area contributed by atoms with Gasteiger partial charge in [-0.15, -0.1) is 0 Å². The molecule has 1 aliphatic carbocycles. The molecule has 168 valence electrons. The summed E-state index contributed by atoms with van der Waals surface area (Å²) in [5.41, 5.74) is 11.8. The number of para-hydroxylation sites is 1. The number of anilines is 2. The van der Waals surface area contributed by atoms with Crippen LogP contribution < -0.4 is 5.32 Å². The van der Waals surface area contributed by atoms with Crippen LogP contribution in [-0.2, 0) is 5.41 Å². The van der Waals surface area contributed by atoms with Gasteiger partial charge in [0.2, 0.25) is 0 Å². The molecular formula is C33H25NO. The van der Waals surface area contributed by atoms with Crippen molar-refractivity contribution >= 4 is 33.3 Å². The first-order valence-corrected chi connectivity index (χ1v) is 12.1. The first-order valence-electron chi connectivity index (χ1n) is 12.1. The molecule has 0 unspecified atom stereocenters. The molecule has 0 fully saturated rings. The topological polar surface area (TPSA) is 25.2 Å². The molecule has 0 aliphatic heterocycles. The van der Waals surface area contributed by atoms with Crippen LogP contribution in [0.2, 0.25) is 0 Å². The first-order chi connectivity index (χ1) is 17.1. The van der Waals surface area contributed by atoms with Crippen molar-refractivity contribution in [1.29, 1.82) is 0 Å². The van der Waals surface area contributed by atoms with E-state index in [9.17, 15) is 0 Å². The second-order valence-corrected chi connectivity index (χ2v) is 9.88. The summed E-state index contributed by atoms with van der Waals surface area (Å²) < 4.78 is 6.10. The maximum atomic E-state index is 6.10. The smallest absolute Gasteiger partial charge is 0.137 e. The molecule has 1 N–H and O–H groups in total. The molecule has 6 aromatic rings. The lowest BCUT2D eigenvalue weighted by molar-refractivity contribution is 0.662. The Morgan fingerprint density at radius 3 is 2.26 bits per heavy atom. The van der Waals surface area contributed by atoms with Crippen molar-refractivity contribution in [3.8, 4) is 22.3 Å². The quantitative estimate of drug-likeness (QED) is 0.290. The van der Waals surface area contributed by atoms with Gasteiger partial charge in [-0.1, -0.05) is 92.7 Å². The van der Waals surface area contributed by atoms with E-state index in [1.807, 2.05) is 24.3 Å². The third-order valence-electron chi connectivity index (χ3n) is 7.44. The largest absolute Gasteiger partial charge is 0.456 e. The summed E-state index contributed by atoms with van der Waals surface area (Å²) in [7, 11) is 0. The van der Waals surface area contributed by atoms with Crippen molar-refractivity contribution in [3.05, 3.63) is 120 Å². The minimum absolute atomic E-state index is 0.108. The second-order valence-electron chi connectivity index (χ2n) is 9.88. The highest BCUT2D eigenvalue weighted by Gasteiger charge is 2.37. The van der Waals surface area contributed by atoms with Crippen molar-refractivity contribution in [2.24, 2.45) is 0 Å². The predicted octanol–water partition coefficient (Wildman–Crippen LogP) is 9.30. The molecule has 2 heteroatoms. The monoisotopic (exact) mass is 451 g/mol. The van der Waals surface area contributed by atoms with Crippen molar-refractivity contribution in [2.75, 3.05) is 5.32 Å². The summed E-state index contributed by atoms with van der Waals surface area (Å²) in [5, 5.41) is 5.96. The number of furan rings is 1. The maximum absolute atomic E-state index is 6.10. The Kier molecular flexibility index (Phi) is 4.22. The maximum Gasteiger partial charge on any atom is 0.137 e. The van der Waals surface area contributed by atoms with Crippen LogP contribution in [0.25, 0.3) is 44.2 Å². The van der Waals surface area contributed by atoms with E-state index in [-0.39, 0.29) is 5.41 Å². The van der Waals surface area contributed by atoms with Gasteiger partial charge in [0.1, 0.15) is 11.2 Å². The highest BCUT2D eigenvalue weighted by atomic mass is 16.3. The zero-order valence-corrected chi connectivity index (χ0v) is 19.8. The molecule has 0 radical (unpaired) electrons. The highest BCUT2D eigenvalue weighted by Crippen LogP contribution is 2.52. The van der Waals surface area contributed by atoms with Gasteiger partial charge in [0, 0.05) is 16.5 Å². The average Bonchev–Trinajstić information content (AvgIpc) is 3.38. The van der Waals surface area contributed by atoms with Crippen molar-refractivity contribution < 1.29 is 4.42 Å². The molecular weight excluding hydrogens is 426 g/mol. The van der Waals surface area contributed by atoms with Gasteiger partial charge in [0.05, 0.1) is 11.1 Å². The van der Waals surface area contributed by atoms with Gasteiger partial charge in [-0.25, -0.2) is 0 Å². The van der Waals surface area contributed by atoms with Gasteiger partial charge in [-0.2, -0.15) is 0 Å². The van der Waals surface area contributed by atoms with Gasteiger partial charge in [-0.3, -0.25) is 0 Å². The van der Waals surface area contributed by atoms with Crippen molar-refractivity contribution in [3.63, 3.8) is 0 Å². The fourth-order valence-corrected chi connectivity index (χ4v) is 5.85. The number of nitrogens with one attached hydrogen (secondary N) is 1. The summed E-state index contributed by atoms with van der Waals surface area (Å²) in [4.78, 5) is 0. The Hall–Kier alpha value is -4.30. The third-order valence-corrected chi connectivity index (χ3v) is 7.44. The van der Waals surface area contributed by atoms with E-state index in [0.29, 0.717) is 0 Å². The van der Waals surface area contributed by atoms with Crippen LogP contribution >= 0.6 is 0 Å². The van der Waals surface area contributed by atoms with Crippen LogP contribution in [0, 0.1) is 0 Å². The summed E-state index contributed by atoms with van der Waals surface area (Å²) in [6.45, 7) is 4.69. The van der Waals surface area contributed by atoms with E-state index in [4.69, 9.17) is 4.42 Å². The molecule has 1 aromatic heterocycles. The summed E-state index contributed by atoms with van der Waals surface area (Å²) in [6.07, 6.45) is 0. The van der Waals surface area contributed by atoms with Crippen molar-refractivity contribution in [2.45, 2.75) is 19.3 Å². The second kappa shape index (κ2) is 7.35. The highest BCUT2D eigenvalue weighted by molar-refractivity contribution is 6.12. The van der Waals surface area contributed by atoms with E-state index in [0.717, 1.165) is 33.3 Å². The fraction of sp³-hybridized carbons (Fsp3) is 0.0909. The van der Waals surface area contributed by atoms with E-state index < -0.39 is 0 Å². The Bertz CT molecular complexity index is 1740. The Morgan fingerprint density at radius 1 is 0.629 bits per heavy atom. The Morgan fingerprint density at radius 2 is 1.37 bits per heavy atom. The van der Waals surface area contributed by atoms with E-state index in [1.54, 1.807) is 0 Å². The fourth-order valence-electron chi connectivity index (χ4n) is 5.85. The summed E-state index contributed by atoms with van der Waals surface area (Å²) >= 11 is 0. The standard InChI is InChI=1S/C33H25NO/c1-33(2)27-20-22(34-28-15-9-17-30-31(28)26-12-6-7-16-29(26)35-30)18-19-24(27)25-14-8-13-23(32(25)33)21-10-4-3-5-11-21/h3-20,34H,1-2H3. The van der Waals surface area contributed by atoms with Gasteiger partial charge in [-0.05, 0) is 63.7 Å². The molecule has 0 saturated carbocycles. The molecule has 0 spiro atoms. The van der Waals surface area contributed by atoms with Gasteiger partial charge in [0.15, 0.2) is 0 Å². The minimum atomic E-state index is -0.108. The molecule has 0 bridgehead atoms. The lowest BCUT2D eigenvalue weighted by Crippen LogP contribution is -2.16. The number of hydrogen-bond acceptors (Lipinski definition) is 2. The van der Waals surface area contributed by atoms with E-state index in [2.05, 4.69) is 104 Å². The summed E-state index contributed by atoms with van der Waals surface area (Å²) in [5.74, 6) is 0. The third kappa shape index (κ3) is 2.96. The first kappa shape index (κ1) is 20.1. The van der Waals surface area contributed by atoms with Crippen LogP contribution in [-0.4, -0.2) is 0 Å². The van der Waals surface area contributed by atoms with E-state index in [1.165, 1.54) is 33.4 Å². The number of rotatable bonds is 3. The molecule has 1 aliphatic rings. The Labute approximate surface area is 204 Å². The van der Waals surface area contributed by atoms with Crippen LogP contribution in [0.1, 0.15) is 25.0 Å². The zero-order chi connectivity index (χ0) is 23.6. The molecule has 7 rings (SSSR count). The van der Waals surface area contributed by atoms with Crippen LogP contribution in [0.4, 0.5) is 11.4 Å². The molecule has 0 atom stereocenters. The molecule has 0 saturated heterocycles. The van der Waals surface area contributed by atoms with Gasteiger partial charge < -0.3 is 9.73 Å². The van der Waals surface area contributed by atoms with E-state index >= 15 is 0 Å². The molecule has 0 amide bonds. The lowest BCUT2D eigenvalue weighted by Gasteiger charge is -2.25. The number of hydrogen-bond donors (Lipinski definition) is 1. The van der Waals surface area contributed by atoms with Gasteiger partial charge in [0.25, 0.3) is 0 Å². The van der Waals surface area contributed by atoms with Crippen LogP contribution in [0.15, 0.2) is 114 Å². The van der Waals surface area contributed by atoms with Crippen molar-refractivity contribution in [1.82, 2.24) is 0 Å². The zero-order valence-electron chi connectivity index (χ0n) is 19.8. The average molecular weight is 452 g/mol. The lowest BCUT2D eigenvalue weighted by atomic mass is 9.79. The number of benzene rings is 5. The minimum Gasteiger partial charge on any atom is -0.456 e. The summed E-state index contributed by atoms with van der Waals surface area (Å²) in [6, 6.07) is 38.7. The Balaban J connectivity index is 1.35. The SMILES string of the molecule is CC1(C)c2cc(Nc3cccc4oc5ccccc5c34)ccc2-c2cccc(-c3ccccc3)c21. The molecule has 5 aromatic carbocycles. The van der Waals surface area contributed by atoms with Gasteiger partial charge >= 0.3 is 0 Å². The van der Waals surface area contributed by atoms with Crippen LogP contribution in [0.3, 0.4) is 0 Å². The molecule has 35 heavy (non-hydrogen) atoms. The number of fused-ring (bicyclic) bond motifs is 6. The normalized spacial score (nSPS) is 13.7. The van der Waals surface area contributed by atoms with Crippen LogP contribution in [0.5, 0.6) is 0 Å². The predicted molar refractivity (Wildman–Crippen MR) is 146 cm³/mol.